The molecular weight excluding hydrogens is 504 g/mol. The van der Waals surface area contributed by atoms with Crippen LogP contribution in [0.4, 0.5) is 0 Å². The minimum absolute atomic E-state index is 0.0192. The van der Waals surface area contributed by atoms with Crippen molar-refractivity contribution in [1.29, 1.82) is 0 Å². The Morgan fingerprint density at radius 1 is 0.921 bits per heavy atom. The summed E-state index contributed by atoms with van der Waals surface area (Å²) >= 11 is 0. The molecule has 0 spiro atoms. The second-order valence-corrected chi connectivity index (χ2v) is 9.27. The van der Waals surface area contributed by atoms with E-state index in [4.69, 9.17) is 14.2 Å². The van der Waals surface area contributed by atoms with Crippen LogP contribution in [0.3, 0.4) is 0 Å². The highest BCUT2D eigenvalue weighted by atomic mass is 16.7. The van der Waals surface area contributed by atoms with Crippen LogP contribution in [0.15, 0.2) is 0 Å². The molecule has 1 rings (SSSR count). The lowest BCUT2D eigenvalue weighted by Gasteiger charge is -2.42. The second-order valence-electron chi connectivity index (χ2n) is 9.27. The van der Waals surface area contributed by atoms with Gasteiger partial charge in [-0.2, -0.15) is 0 Å². The van der Waals surface area contributed by atoms with Crippen molar-refractivity contribution in [2.75, 3.05) is 52.6 Å². The molecular formula is C24H44N4O10. The molecule has 1 aliphatic heterocycles. The van der Waals surface area contributed by atoms with Gasteiger partial charge in [-0.3, -0.25) is 19.2 Å². The summed E-state index contributed by atoms with van der Waals surface area (Å²) < 4.78 is 16.4. The molecule has 3 amide bonds. The number of ketones is 1. The summed E-state index contributed by atoms with van der Waals surface area (Å²) in [5.74, 6) is -0.682. The van der Waals surface area contributed by atoms with E-state index in [1.54, 1.807) is 0 Å². The Bertz CT molecular complexity index is 739. The first-order valence-electron chi connectivity index (χ1n) is 12.9. The molecule has 1 aliphatic rings. The Kier molecular flexibility index (Phi) is 16.9. The van der Waals surface area contributed by atoms with Crippen LogP contribution in [0.5, 0.6) is 0 Å². The molecule has 14 heteroatoms. The molecule has 7 N–H and O–H groups in total. The molecule has 38 heavy (non-hydrogen) atoms. The van der Waals surface area contributed by atoms with Gasteiger partial charge in [-0.25, -0.2) is 0 Å². The van der Waals surface area contributed by atoms with Gasteiger partial charge in [0.25, 0.3) is 0 Å². The SMILES string of the molecule is CC(=O)NC1C(OCCOCCNC(=O)CNCCNC(=O)CCCC(=O)C(C)C)OC(CO)C(O)C1O. The van der Waals surface area contributed by atoms with E-state index in [1.165, 1.54) is 6.92 Å². The summed E-state index contributed by atoms with van der Waals surface area (Å²) in [6.45, 7) is 5.90. The van der Waals surface area contributed by atoms with Crippen LogP contribution in [0.25, 0.3) is 0 Å². The molecule has 0 aromatic rings. The highest BCUT2D eigenvalue weighted by molar-refractivity contribution is 5.81. The molecule has 14 nitrogen and oxygen atoms in total. The highest BCUT2D eigenvalue weighted by Gasteiger charge is 2.45. The van der Waals surface area contributed by atoms with Crippen LogP contribution >= 0.6 is 0 Å². The molecule has 220 valence electrons. The average molecular weight is 549 g/mol. The number of hydrogen-bond acceptors (Lipinski definition) is 11. The van der Waals surface area contributed by atoms with Crippen LogP contribution in [0.1, 0.15) is 40.0 Å². The number of Topliss-reactive ketones (excluding diaryl/α,β-unsaturated/α-hetero) is 1. The predicted octanol–water partition coefficient (Wildman–Crippen LogP) is -2.82. The molecule has 5 unspecified atom stereocenters. The Morgan fingerprint density at radius 2 is 1.63 bits per heavy atom. The molecule has 1 fully saturated rings. The van der Waals surface area contributed by atoms with Crippen molar-refractivity contribution in [3.05, 3.63) is 0 Å². The summed E-state index contributed by atoms with van der Waals surface area (Å²) in [6, 6.07) is -1.02. The maximum Gasteiger partial charge on any atom is 0.234 e. The normalized spacial score (nSPS) is 23.2. The van der Waals surface area contributed by atoms with Crippen molar-refractivity contribution in [2.45, 2.75) is 70.7 Å². The zero-order chi connectivity index (χ0) is 28.5. The number of aliphatic hydroxyl groups excluding tert-OH is 3. The number of carbonyl (C=O) groups is 4. The molecule has 0 radical (unpaired) electrons. The average Bonchev–Trinajstić information content (AvgIpc) is 2.86. The predicted molar refractivity (Wildman–Crippen MR) is 135 cm³/mol. The van der Waals surface area contributed by atoms with E-state index in [0.717, 1.165) is 0 Å². The summed E-state index contributed by atoms with van der Waals surface area (Å²) in [6.07, 6.45) is -3.72. The third-order valence-electron chi connectivity index (χ3n) is 5.71. The monoisotopic (exact) mass is 548 g/mol. The van der Waals surface area contributed by atoms with E-state index in [-0.39, 0.29) is 56.4 Å². The third-order valence-corrected chi connectivity index (χ3v) is 5.71. The fourth-order valence-electron chi connectivity index (χ4n) is 3.56. The Labute approximate surface area is 223 Å². The van der Waals surface area contributed by atoms with Gasteiger partial charge in [0, 0.05) is 45.3 Å². The van der Waals surface area contributed by atoms with Crippen LogP contribution in [0, 0.1) is 5.92 Å². The quantitative estimate of drug-likeness (QED) is 0.0820. The van der Waals surface area contributed by atoms with Crippen molar-refractivity contribution in [3.63, 3.8) is 0 Å². The number of nitrogens with one attached hydrogen (secondary N) is 4. The maximum atomic E-state index is 11.8. The molecule has 0 aliphatic carbocycles. The maximum absolute atomic E-state index is 11.8. The lowest BCUT2D eigenvalue weighted by atomic mass is 9.97. The number of rotatable bonds is 19. The molecule has 0 aromatic heterocycles. The van der Waals surface area contributed by atoms with Crippen molar-refractivity contribution in [3.8, 4) is 0 Å². The highest BCUT2D eigenvalue weighted by Crippen LogP contribution is 2.22. The van der Waals surface area contributed by atoms with Crippen LogP contribution in [-0.2, 0) is 33.4 Å². The number of amides is 3. The molecule has 1 heterocycles. The lowest BCUT2D eigenvalue weighted by molar-refractivity contribution is -0.272. The third kappa shape index (κ3) is 13.6. The van der Waals surface area contributed by atoms with Crippen molar-refractivity contribution < 1.29 is 48.7 Å². The van der Waals surface area contributed by atoms with Crippen LogP contribution in [0.2, 0.25) is 0 Å². The molecule has 0 bridgehead atoms. The summed E-state index contributed by atoms with van der Waals surface area (Å²) in [7, 11) is 0. The van der Waals surface area contributed by atoms with E-state index in [1.807, 2.05) is 13.8 Å². The van der Waals surface area contributed by atoms with Crippen molar-refractivity contribution in [2.24, 2.45) is 5.92 Å². The van der Waals surface area contributed by atoms with E-state index in [2.05, 4.69) is 21.3 Å². The van der Waals surface area contributed by atoms with Gasteiger partial charge in [0.1, 0.15) is 30.1 Å². The van der Waals surface area contributed by atoms with E-state index < -0.39 is 43.2 Å². The smallest absolute Gasteiger partial charge is 0.234 e. The first kappa shape index (κ1) is 33.8. The second kappa shape index (κ2) is 19.0. The van der Waals surface area contributed by atoms with Crippen LogP contribution < -0.4 is 21.3 Å². The lowest BCUT2D eigenvalue weighted by Crippen LogP contribution is -2.64. The summed E-state index contributed by atoms with van der Waals surface area (Å²) in [5.41, 5.74) is 0. The van der Waals surface area contributed by atoms with Gasteiger partial charge in [0.15, 0.2) is 6.29 Å². The van der Waals surface area contributed by atoms with E-state index in [9.17, 15) is 34.5 Å². The Morgan fingerprint density at radius 3 is 2.29 bits per heavy atom. The van der Waals surface area contributed by atoms with Crippen LogP contribution in [-0.4, -0.2) is 122 Å². The topological polar surface area (TPSA) is 205 Å². The minimum atomic E-state index is -1.39. The van der Waals surface area contributed by atoms with Gasteiger partial charge < -0.3 is 50.8 Å². The number of carbonyl (C=O) groups excluding carboxylic acids is 4. The molecule has 0 saturated carbocycles. The number of aliphatic hydroxyl groups is 3. The summed E-state index contributed by atoms with van der Waals surface area (Å²) in [4.78, 5) is 46.5. The van der Waals surface area contributed by atoms with E-state index >= 15 is 0 Å². The van der Waals surface area contributed by atoms with Gasteiger partial charge in [-0.15, -0.1) is 0 Å². The first-order chi connectivity index (χ1) is 18.1. The standard InChI is InChI=1S/C24H44N4O10/c1-15(2)17(31)5-4-6-19(32)26-8-7-25-13-20(33)27-9-10-36-11-12-37-24-21(28-16(3)30)23(35)22(34)18(14-29)38-24/h15,18,21-25,29,34-35H,4-14H2,1-3H3,(H,26,32)(H,27,33)(H,28,30). The van der Waals surface area contributed by atoms with Crippen molar-refractivity contribution >= 4 is 23.5 Å². The largest absolute Gasteiger partial charge is 0.394 e. The van der Waals surface area contributed by atoms with Crippen molar-refractivity contribution in [1.82, 2.24) is 21.3 Å². The fraction of sp³-hybridized carbons (Fsp3) is 0.833. The van der Waals surface area contributed by atoms with Gasteiger partial charge in [-0.05, 0) is 6.42 Å². The fourth-order valence-corrected chi connectivity index (χ4v) is 3.56. The molecule has 5 atom stereocenters. The van der Waals surface area contributed by atoms with Gasteiger partial charge in [-0.1, -0.05) is 13.8 Å². The molecule has 0 aromatic carbocycles. The molecule has 1 saturated heterocycles. The number of hydrogen-bond donors (Lipinski definition) is 7. The summed E-state index contributed by atoms with van der Waals surface area (Å²) in [5, 5.41) is 40.3. The zero-order valence-corrected chi connectivity index (χ0v) is 22.4. The van der Waals surface area contributed by atoms with Gasteiger partial charge in [0.05, 0.1) is 33.0 Å². The Hall–Kier alpha value is -2.20. The zero-order valence-electron chi connectivity index (χ0n) is 22.4. The van der Waals surface area contributed by atoms with Gasteiger partial charge in [0.2, 0.25) is 17.7 Å². The minimum Gasteiger partial charge on any atom is -0.394 e. The van der Waals surface area contributed by atoms with E-state index in [0.29, 0.717) is 32.4 Å². The first-order valence-corrected chi connectivity index (χ1v) is 12.9. The number of ether oxygens (including phenoxy) is 3. The van der Waals surface area contributed by atoms with Gasteiger partial charge >= 0.3 is 0 Å². The Balaban J connectivity index is 2.09.